The van der Waals surface area contributed by atoms with Gasteiger partial charge in [-0.05, 0) is 17.7 Å². The first-order valence-electron chi connectivity index (χ1n) is 8.24. The van der Waals surface area contributed by atoms with Crippen LogP contribution in [0.15, 0.2) is 48.5 Å². The molecule has 1 aliphatic rings. The Labute approximate surface area is 145 Å². The lowest BCUT2D eigenvalue weighted by Crippen LogP contribution is -2.43. The third-order valence-corrected chi connectivity index (χ3v) is 4.18. The zero-order valence-electron chi connectivity index (χ0n) is 13.8. The van der Waals surface area contributed by atoms with Crippen LogP contribution in [0.25, 0.3) is 0 Å². The molecule has 1 amide bonds. The topological polar surface area (TPSA) is 41.6 Å². The van der Waals surface area contributed by atoms with Gasteiger partial charge < -0.3 is 10.1 Å². The summed E-state index contributed by atoms with van der Waals surface area (Å²) in [4.78, 5) is 14.7. The average Bonchev–Trinajstić information content (AvgIpc) is 2.62. The number of benzene rings is 2. The zero-order chi connectivity index (χ0) is 17.6. The van der Waals surface area contributed by atoms with Gasteiger partial charge in [-0.3, -0.25) is 9.69 Å². The van der Waals surface area contributed by atoms with Gasteiger partial charge in [0.05, 0.1) is 19.3 Å². The van der Waals surface area contributed by atoms with Gasteiger partial charge in [-0.1, -0.05) is 30.3 Å². The molecule has 0 radical (unpaired) electrons. The summed E-state index contributed by atoms with van der Waals surface area (Å²) < 4.78 is 32.1. The number of hydrogen-bond acceptors (Lipinski definition) is 3. The van der Waals surface area contributed by atoms with Crippen molar-refractivity contribution < 1.29 is 18.3 Å². The van der Waals surface area contributed by atoms with E-state index < -0.39 is 17.5 Å². The van der Waals surface area contributed by atoms with E-state index >= 15 is 0 Å². The van der Waals surface area contributed by atoms with Crippen LogP contribution in [-0.4, -0.2) is 43.7 Å². The van der Waals surface area contributed by atoms with E-state index in [0.717, 1.165) is 36.9 Å². The first-order valence-corrected chi connectivity index (χ1v) is 8.24. The lowest BCUT2D eigenvalue weighted by Gasteiger charge is -2.31. The Morgan fingerprint density at radius 2 is 1.72 bits per heavy atom. The maximum absolute atomic E-state index is 13.4. The number of carbonyl (C=O) groups excluding carboxylic acids is 1. The predicted molar refractivity (Wildman–Crippen MR) is 90.3 cm³/mol. The number of halogens is 2. The minimum Gasteiger partial charge on any atom is -0.379 e. The molecule has 3 rings (SSSR count). The Bertz CT molecular complexity index is 698. The van der Waals surface area contributed by atoms with Crippen LogP contribution in [0.1, 0.15) is 22.0 Å². The Morgan fingerprint density at radius 1 is 1.08 bits per heavy atom. The summed E-state index contributed by atoms with van der Waals surface area (Å²) in [6.45, 7) is 3.49. The molecule has 0 aliphatic carbocycles. The number of nitrogens with zero attached hydrogens (tertiary/aromatic N) is 1. The second-order valence-electron chi connectivity index (χ2n) is 6.01. The van der Waals surface area contributed by atoms with Crippen LogP contribution in [0.2, 0.25) is 0 Å². The van der Waals surface area contributed by atoms with E-state index in [0.29, 0.717) is 19.8 Å². The smallest absolute Gasteiger partial charge is 0.252 e. The van der Waals surface area contributed by atoms with Crippen molar-refractivity contribution in [2.24, 2.45) is 0 Å². The van der Waals surface area contributed by atoms with Crippen LogP contribution < -0.4 is 5.32 Å². The van der Waals surface area contributed by atoms with Crippen molar-refractivity contribution in [2.75, 3.05) is 32.8 Å². The molecule has 1 fully saturated rings. The minimum atomic E-state index is -0.769. The molecule has 0 saturated carbocycles. The quantitative estimate of drug-likeness (QED) is 0.905. The first kappa shape index (κ1) is 17.5. The molecule has 1 N–H and O–H groups in total. The average molecular weight is 346 g/mol. The molecule has 2 aromatic rings. The number of rotatable bonds is 5. The van der Waals surface area contributed by atoms with E-state index in [9.17, 15) is 13.6 Å². The van der Waals surface area contributed by atoms with Crippen LogP contribution in [-0.2, 0) is 4.74 Å². The van der Waals surface area contributed by atoms with Crippen molar-refractivity contribution in [2.45, 2.75) is 6.04 Å². The molecule has 6 heteroatoms. The monoisotopic (exact) mass is 346 g/mol. The number of nitrogens with one attached hydrogen (secondary N) is 1. The van der Waals surface area contributed by atoms with E-state index in [1.54, 1.807) is 0 Å². The van der Waals surface area contributed by atoms with Crippen LogP contribution in [0.3, 0.4) is 0 Å². The van der Waals surface area contributed by atoms with Crippen molar-refractivity contribution in [3.8, 4) is 0 Å². The van der Waals surface area contributed by atoms with Crippen molar-refractivity contribution >= 4 is 5.91 Å². The summed E-state index contributed by atoms with van der Waals surface area (Å²) in [7, 11) is 0. The summed E-state index contributed by atoms with van der Waals surface area (Å²) in [5.74, 6) is -2.04. The van der Waals surface area contributed by atoms with Gasteiger partial charge in [-0.15, -0.1) is 0 Å². The maximum atomic E-state index is 13.4. The fourth-order valence-electron chi connectivity index (χ4n) is 2.89. The number of ether oxygens (including phenoxy) is 1. The number of amides is 1. The highest BCUT2D eigenvalue weighted by Gasteiger charge is 2.21. The zero-order valence-corrected chi connectivity index (χ0v) is 13.8. The third kappa shape index (κ3) is 4.84. The highest BCUT2D eigenvalue weighted by molar-refractivity contribution is 5.94. The van der Waals surface area contributed by atoms with Crippen molar-refractivity contribution in [3.63, 3.8) is 0 Å². The molecule has 25 heavy (non-hydrogen) atoms. The van der Waals surface area contributed by atoms with Gasteiger partial charge in [-0.2, -0.15) is 0 Å². The number of hydrogen-bond donors (Lipinski definition) is 1. The number of carbonyl (C=O) groups is 1. The Balaban J connectivity index is 1.77. The lowest BCUT2D eigenvalue weighted by atomic mass is 10.1. The van der Waals surface area contributed by atoms with Gasteiger partial charge in [0.15, 0.2) is 0 Å². The molecule has 1 atom stereocenters. The second kappa shape index (κ2) is 8.18. The summed E-state index contributed by atoms with van der Waals surface area (Å²) >= 11 is 0. The Hall–Kier alpha value is -2.31. The molecule has 1 heterocycles. The van der Waals surface area contributed by atoms with Gasteiger partial charge in [0.2, 0.25) is 0 Å². The van der Waals surface area contributed by atoms with E-state index in [-0.39, 0.29) is 11.6 Å². The van der Waals surface area contributed by atoms with E-state index in [1.807, 2.05) is 30.3 Å². The highest BCUT2D eigenvalue weighted by atomic mass is 19.1. The van der Waals surface area contributed by atoms with E-state index in [1.165, 1.54) is 0 Å². The molecule has 0 aromatic heterocycles. The fourth-order valence-corrected chi connectivity index (χ4v) is 2.89. The van der Waals surface area contributed by atoms with Gasteiger partial charge in [0, 0.05) is 31.3 Å². The Kier molecular flexibility index (Phi) is 5.73. The summed E-state index contributed by atoms with van der Waals surface area (Å²) in [5.41, 5.74) is 0.916. The van der Waals surface area contributed by atoms with Crippen LogP contribution in [0.4, 0.5) is 8.78 Å². The van der Waals surface area contributed by atoms with Gasteiger partial charge in [0.1, 0.15) is 11.6 Å². The third-order valence-electron chi connectivity index (χ3n) is 4.18. The van der Waals surface area contributed by atoms with Crippen molar-refractivity contribution in [3.05, 3.63) is 71.3 Å². The summed E-state index contributed by atoms with van der Waals surface area (Å²) in [5, 5.41) is 2.90. The molecule has 0 spiro atoms. The molecule has 132 valence electrons. The molecule has 4 nitrogen and oxygen atoms in total. The number of morpholine rings is 1. The lowest BCUT2D eigenvalue weighted by molar-refractivity contribution is 0.0332. The SMILES string of the molecule is O=C(N[C@H](CN1CCOCC1)c1ccccc1)c1cc(F)cc(F)c1. The van der Waals surface area contributed by atoms with E-state index in [4.69, 9.17) is 4.74 Å². The van der Waals surface area contributed by atoms with Crippen LogP contribution >= 0.6 is 0 Å². The predicted octanol–water partition coefficient (Wildman–Crippen LogP) is 2.77. The summed E-state index contributed by atoms with van der Waals surface area (Å²) in [6.07, 6.45) is 0. The van der Waals surface area contributed by atoms with Crippen molar-refractivity contribution in [1.82, 2.24) is 10.2 Å². The molecule has 0 unspecified atom stereocenters. The molecular formula is C19H20F2N2O2. The molecule has 1 saturated heterocycles. The summed E-state index contributed by atoms with van der Waals surface area (Å²) in [6, 6.07) is 12.1. The normalized spacial score (nSPS) is 16.4. The molecule has 1 aliphatic heterocycles. The fraction of sp³-hybridized carbons (Fsp3) is 0.316. The first-order chi connectivity index (χ1) is 12.1. The molecular weight excluding hydrogens is 326 g/mol. The van der Waals surface area contributed by atoms with Crippen molar-refractivity contribution in [1.29, 1.82) is 0 Å². The van der Waals surface area contributed by atoms with Gasteiger partial charge in [-0.25, -0.2) is 8.78 Å². The molecule has 0 bridgehead atoms. The second-order valence-corrected chi connectivity index (χ2v) is 6.01. The Morgan fingerprint density at radius 3 is 2.36 bits per heavy atom. The van der Waals surface area contributed by atoms with Crippen LogP contribution in [0, 0.1) is 11.6 Å². The molecule has 2 aromatic carbocycles. The van der Waals surface area contributed by atoms with Crippen LogP contribution in [0.5, 0.6) is 0 Å². The largest absolute Gasteiger partial charge is 0.379 e. The van der Waals surface area contributed by atoms with Gasteiger partial charge in [0.25, 0.3) is 5.91 Å². The van der Waals surface area contributed by atoms with Gasteiger partial charge >= 0.3 is 0 Å². The minimum absolute atomic E-state index is 0.0274. The highest BCUT2D eigenvalue weighted by Crippen LogP contribution is 2.17. The van der Waals surface area contributed by atoms with E-state index in [2.05, 4.69) is 10.2 Å². The standard InChI is InChI=1S/C19H20F2N2O2/c20-16-10-15(11-17(21)12-16)19(24)22-18(14-4-2-1-3-5-14)13-23-6-8-25-9-7-23/h1-5,10-12,18H,6-9,13H2,(H,22,24)/t18-/m1/s1. The maximum Gasteiger partial charge on any atom is 0.252 e.